The van der Waals surface area contributed by atoms with Crippen LogP contribution in [-0.4, -0.2) is 29.8 Å². The van der Waals surface area contributed by atoms with Crippen molar-refractivity contribution in [2.75, 3.05) is 0 Å². The number of hydrogen-bond donors (Lipinski definition) is 0. The van der Waals surface area contributed by atoms with E-state index in [1.54, 1.807) is 22.2 Å². The Morgan fingerprint density at radius 1 is 1.30 bits per heavy atom. The third-order valence-electron chi connectivity index (χ3n) is 3.64. The molecule has 20 heavy (non-hydrogen) atoms. The summed E-state index contributed by atoms with van der Waals surface area (Å²) in [4.78, 5) is 4.25. The summed E-state index contributed by atoms with van der Waals surface area (Å²) in [5, 5.41) is 15.9. The van der Waals surface area contributed by atoms with Gasteiger partial charge < -0.3 is 0 Å². The molecule has 1 fully saturated rings. The Bertz CT molecular complexity index is 694. The summed E-state index contributed by atoms with van der Waals surface area (Å²) in [6.07, 6.45) is 9.55. The third-order valence-corrected chi connectivity index (χ3v) is 4.40. The molecule has 3 heterocycles. The van der Waals surface area contributed by atoms with Gasteiger partial charge in [-0.2, -0.15) is 5.10 Å². The highest BCUT2D eigenvalue weighted by Gasteiger charge is 2.20. The Morgan fingerprint density at radius 3 is 3.00 bits per heavy atom. The summed E-state index contributed by atoms with van der Waals surface area (Å²) in [6.45, 7) is 0.661. The minimum atomic E-state index is 0.578. The fraction of sp³-hybridized carbons (Fsp3) is 0.385. The molecule has 7 heteroatoms. The zero-order valence-electron chi connectivity index (χ0n) is 10.9. The van der Waals surface area contributed by atoms with Crippen LogP contribution in [0.5, 0.6) is 0 Å². The zero-order chi connectivity index (χ0) is 13.4. The highest BCUT2D eigenvalue weighted by atomic mass is 32.1. The lowest BCUT2D eigenvalue weighted by Gasteiger charge is -2.25. The molecule has 0 atom stereocenters. The van der Waals surface area contributed by atoms with Gasteiger partial charge in [-0.15, -0.1) is 16.4 Å². The van der Waals surface area contributed by atoms with E-state index in [1.165, 1.54) is 19.3 Å². The van der Waals surface area contributed by atoms with Crippen molar-refractivity contribution in [2.24, 2.45) is 0 Å². The van der Waals surface area contributed by atoms with Gasteiger partial charge in [0.1, 0.15) is 16.4 Å². The molecule has 0 saturated heterocycles. The van der Waals surface area contributed by atoms with Crippen molar-refractivity contribution < 1.29 is 0 Å². The lowest BCUT2D eigenvalue weighted by Crippen LogP contribution is -2.17. The van der Waals surface area contributed by atoms with Gasteiger partial charge in [-0.1, -0.05) is 5.21 Å². The first-order valence-electron chi connectivity index (χ1n) is 6.72. The minimum Gasteiger partial charge on any atom is -0.269 e. The van der Waals surface area contributed by atoms with Gasteiger partial charge in [-0.3, -0.25) is 4.68 Å². The average Bonchev–Trinajstić information content (AvgIpc) is 3.07. The first-order chi connectivity index (χ1) is 9.88. The summed E-state index contributed by atoms with van der Waals surface area (Å²) < 4.78 is 3.86. The van der Waals surface area contributed by atoms with Gasteiger partial charge in [0.05, 0.1) is 18.8 Å². The number of thiazole rings is 1. The van der Waals surface area contributed by atoms with Crippen LogP contribution in [0.3, 0.4) is 0 Å². The monoisotopic (exact) mass is 286 g/mol. The van der Waals surface area contributed by atoms with Gasteiger partial charge in [0, 0.05) is 17.8 Å². The topological polar surface area (TPSA) is 61.4 Å². The van der Waals surface area contributed by atoms with E-state index in [0.717, 1.165) is 16.4 Å². The van der Waals surface area contributed by atoms with Crippen LogP contribution in [0.15, 0.2) is 30.0 Å². The van der Waals surface area contributed by atoms with Crippen molar-refractivity contribution >= 4 is 11.3 Å². The fourth-order valence-electron chi connectivity index (χ4n) is 2.29. The normalized spacial score (nSPS) is 15.4. The highest BCUT2D eigenvalue weighted by Crippen LogP contribution is 2.31. The van der Waals surface area contributed by atoms with Gasteiger partial charge in [-0.05, 0) is 25.3 Å². The second kappa shape index (κ2) is 4.82. The van der Waals surface area contributed by atoms with E-state index < -0.39 is 0 Å². The smallest absolute Gasteiger partial charge is 0.133 e. The quantitative estimate of drug-likeness (QED) is 0.738. The maximum absolute atomic E-state index is 4.60. The lowest BCUT2D eigenvalue weighted by atomic mass is 9.93. The van der Waals surface area contributed by atoms with Gasteiger partial charge in [0.25, 0.3) is 0 Å². The molecule has 3 aromatic heterocycles. The number of nitrogens with zero attached hydrogens (tertiary/aromatic N) is 6. The van der Waals surface area contributed by atoms with Crippen LogP contribution in [0.1, 0.15) is 30.3 Å². The fourth-order valence-corrected chi connectivity index (χ4v) is 2.90. The average molecular weight is 286 g/mol. The Labute approximate surface area is 120 Å². The molecule has 1 aliphatic rings. The summed E-state index contributed by atoms with van der Waals surface area (Å²) in [6, 6.07) is 2.59. The molecule has 0 unspecified atom stereocenters. The van der Waals surface area contributed by atoms with Crippen LogP contribution in [0, 0.1) is 0 Å². The van der Waals surface area contributed by atoms with Crippen molar-refractivity contribution in [3.8, 4) is 11.4 Å². The van der Waals surface area contributed by atoms with Crippen molar-refractivity contribution in [1.82, 2.24) is 29.8 Å². The standard InChI is InChI=1S/C13H14N6S/c1-2-10(3-1)19-6-4-11(16-19)12-8-18(17-15-12)9-13-14-5-7-20-13/h4-8,10H,1-3,9H2. The Hall–Kier alpha value is -2.02. The van der Waals surface area contributed by atoms with Crippen LogP contribution in [0.25, 0.3) is 11.4 Å². The molecular formula is C13H14N6S. The molecule has 1 aliphatic carbocycles. The SMILES string of the molecule is c1csc(Cn2cc(-c3ccn(C4CCC4)n3)nn2)n1. The molecule has 0 amide bonds. The summed E-state index contributed by atoms with van der Waals surface area (Å²) in [7, 11) is 0. The first kappa shape index (κ1) is 11.8. The third kappa shape index (κ3) is 2.14. The van der Waals surface area contributed by atoms with Crippen molar-refractivity contribution in [1.29, 1.82) is 0 Å². The Balaban J connectivity index is 1.53. The maximum atomic E-state index is 4.60. The molecule has 102 valence electrons. The first-order valence-corrected chi connectivity index (χ1v) is 7.60. The predicted molar refractivity (Wildman–Crippen MR) is 75.3 cm³/mol. The number of aromatic nitrogens is 6. The van der Waals surface area contributed by atoms with Crippen molar-refractivity contribution in [3.05, 3.63) is 35.0 Å². The van der Waals surface area contributed by atoms with Crippen LogP contribution < -0.4 is 0 Å². The molecular weight excluding hydrogens is 272 g/mol. The maximum Gasteiger partial charge on any atom is 0.133 e. The van der Waals surface area contributed by atoms with Crippen LogP contribution >= 0.6 is 11.3 Å². The highest BCUT2D eigenvalue weighted by molar-refractivity contribution is 7.09. The van der Waals surface area contributed by atoms with Gasteiger partial charge in [0.15, 0.2) is 0 Å². The van der Waals surface area contributed by atoms with Crippen LogP contribution in [-0.2, 0) is 6.54 Å². The molecule has 1 saturated carbocycles. The number of hydrogen-bond acceptors (Lipinski definition) is 5. The lowest BCUT2D eigenvalue weighted by molar-refractivity contribution is 0.290. The van der Waals surface area contributed by atoms with E-state index in [-0.39, 0.29) is 0 Å². The van der Waals surface area contributed by atoms with E-state index in [2.05, 4.69) is 25.1 Å². The predicted octanol–water partition coefficient (Wildman–Crippen LogP) is 2.37. The second-order valence-corrected chi connectivity index (χ2v) is 5.97. The molecule has 0 radical (unpaired) electrons. The molecule has 4 rings (SSSR count). The minimum absolute atomic E-state index is 0.578. The molecule has 0 aromatic carbocycles. The molecule has 0 N–H and O–H groups in total. The second-order valence-electron chi connectivity index (χ2n) is 4.99. The van der Waals surface area contributed by atoms with Gasteiger partial charge in [0.2, 0.25) is 0 Å². The van der Waals surface area contributed by atoms with Crippen molar-refractivity contribution in [3.63, 3.8) is 0 Å². The summed E-state index contributed by atoms with van der Waals surface area (Å²) in [5.41, 5.74) is 1.71. The van der Waals surface area contributed by atoms with Crippen LogP contribution in [0.4, 0.5) is 0 Å². The van der Waals surface area contributed by atoms with E-state index in [1.807, 2.05) is 23.8 Å². The molecule has 0 bridgehead atoms. The largest absolute Gasteiger partial charge is 0.269 e. The Kier molecular flexibility index (Phi) is 2.84. The van der Waals surface area contributed by atoms with Gasteiger partial charge >= 0.3 is 0 Å². The number of rotatable bonds is 4. The van der Waals surface area contributed by atoms with Crippen molar-refractivity contribution in [2.45, 2.75) is 31.8 Å². The van der Waals surface area contributed by atoms with E-state index >= 15 is 0 Å². The molecule has 3 aromatic rings. The van der Waals surface area contributed by atoms with E-state index in [9.17, 15) is 0 Å². The summed E-state index contributed by atoms with van der Waals surface area (Å²) >= 11 is 1.62. The molecule has 0 aliphatic heterocycles. The van der Waals surface area contributed by atoms with E-state index in [4.69, 9.17) is 0 Å². The molecule has 6 nitrogen and oxygen atoms in total. The van der Waals surface area contributed by atoms with E-state index in [0.29, 0.717) is 12.6 Å². The molecule has 0 spiro atoms. The zero-order valence-corrected chi connectivity index (χ0v) is 11.7. The van der Waals surface area contributed by atoms with Gasteiger partial charge in [-0.25, -0.2) is 9.67 Å². The summed E-state index contributed by atoms with van der Waals surface area (Å²) in [5.74, 6) is 0. The van der Waals surface area contributed by atoms with Crippen LogP contribution in [0.2, 0.25) is 0 Å². The Morgan fingerprint density at radius 2 is 2.25 bits per heavy atom.